The molecule has 1 saturated heterocycles. The normalized spacial score (nSPS) is 13.6. The van der Waals surface area contributed by atoms with Gasteiger partial charge in [-0.1, -0.05) is 11.2 Å². The minimum Gasteiger partial charge on any atom is -0.493 e. The van der Waals surface area contributed by atoms with Crippen molar-refractivity contribution in [2.24, 2.45) is 5.11 Å². The molecule has 0 atom stereocenters. The molecule has 11 heteroatoms. The van der Waals surface area contributed by atoms with Crippen molar-refractivity contribution in [1.82, 2.24) is 14.9 Å². The lowest BCUT2D eigenvalue weighted by Gasteiger charge is -2.34. The first kappa shape index (κ1) is 21.9. The van der Waals surface area contributed by atoms with E-state index in [9.17, 15) is 4.79 Å². The van der Waals surface area contributed by atoms with Gasteiger partial charge in [0.05, 0.1) is 25.4 Å². The minimum atomic E-state index is -0.0497. The van der Waals surface area contributed by atoms with Gasteiger partial charge < -0.3 is 19.3 Å². The molecule has 1 aromatic heterocycles. The fourth-order valence-electron chi connectivity index (χ4n) is 3.56. The van der Waals surface area contributed by atoms with Crippen molar-refractivity contribution in [2.75, 3.05) is 45.3 Å². The molecular weight excluding hydrogens is 525 g/mol. The molecule has 0 spiro atoms. The standard InChI is InChI=1S/C21H20IN7O3/c1-31-18-10-14-12-24-21(25-17(14)11-19(18)32-2)29-7-5-28(6-8-29)20(30)13-3-4-16(26-27-23)15(22)9-13/h3-4,9-12H,5-8H2,1-2H3. The molecule has 0 unspecified atom stereocenters. The van der Waals surface area contributed by atoms with Crippen LogP contribution in [0.25, 0.3) is 21.3 Å². The van der Waals surface area contributed by atoms with Gasteiger partial charge in [0.2, 0.25) is 5.95 Å². The second kappa shape index (κ2) is 9.45. The molecule has 1 amide bonds. The number of nitrogens with zero attached hydrogens (tertiary/aromatic N) is 7. The number of carbonyl (C=O) groups excluding carboxylic acids is 1. The lowest BCUT2D eigenvalue weighted by atomic mass is 10.1. The van der Waals surface area contributed by atoms with Crippen LogP contribution in [0.2, 0.25) is 0 Å². The van der Waals surface area contributed by atoms with Crippen molar-refractivity contribution in [3.8, 4) is 11.5 Å². The van der Waals surface area contributed by atoms with E-state index in [1.165, 1.54) is 0 Å². The molecule has 2 heterocycles. The van der Waals surface area contributed by atoms with Crippen molar-refractivity contribution in [2.45, 2.75) is 0 Å². The van der Waals surface area contributed by atoms with Gasteiger partial charge in [0.1, 0.15) is 0 Å². The Morgan fingerprint density at radius 3 is 2.50 bits per heavy atom. The van der Waals surface area contributed by atoms with E-state index in [4.69, 9.17) is 15.0 Å². The minimum absolute atomic E-state index is 0.0497. The summed E-state index contributed by atoms with van der Waals surface area (Å²) in [5.74, 6) is 1.81. The van der Waals surface area contributed by atoms with E-state index in [0.717, 1.165) is 14.5 Å². The van der Waals surface area contributed by atoms with Crippen molar-refractivity contribution in [1.29, 1.82) is 0 Å². The summed E-state index contributed by atoms with van der Waals surface area (Å²) < 4.78 is 11.4. The lowest BCUT2D eigenvalue weighted by Crippen LogP contribution is -2.49. The number of piperazine rings is 1. The van der Waals surface area contributed by atoms with Crippen LogP contribution in [0.4, 0.5) is 11.6 Å². The molecule has 1 fully saturated rings. The number of hydrogen-bond donors (Lipinski definition) is 0. The maximum Gasteiger partial charge on any atom is 0.254 e. The number of benzene rings is 2. The van der Waals surface area contributed by atoms with E-state index >= 15 is 0 Å². The monoisotopic (exact) mass is 545 g/mol. The lowest BCUT2D eigenvalue weighted by molar-refractivity contribution is 0.0746. The third-order valence-corrected chi connectivity index (χ3v) is 6.13. The van der Waals surface area contributed by atoms with Crippen LogP contribution in [-0.2, 0) is 0 Å². The third kappa shape index (κ3) is 4.34. The number of rotatable bonds is 5. The zero-order valence-corrected chi connectivity index (χ0v) is 19.7. The van der Waals surface area contributed by atoms with E-state index in [1.54, 1.807) is 38.6 Å². The Balaban J connectivity index is 1.47. The van der Waals surface area contributed by atoms with Gasteiger partial charge >= 0.3 is 0 Å². The van der Waals surface area contributed by atoms with Crippen molar-refractivity contribution < 1.29 is 14.3 Å². The molecule has 0 aliphatic carbocycles. The maximum atomic E-state index is 12.9. The van der Waals surface area contributed by atoms with E-state index in [-0.39, 0.29) is 5.91 Å². The summed E-state index contributed by atoms with van der Waals surface area (Å²) in [6.45, 7) is 2.36. The third-order valence-electron chi connectivity index (χ3n) is 5.27. The van der Waals surface area contributed by atoms with Crippen LogP contribution in [0.3, 0.4) is 0 Å². The maximum absolute atomic E-state index is 12.9. The molecule has 0 saturated carbocycles. The Morgan fingerprint density at radius 1 is 1.12 bits per heavy atom. The summed E-state index contributed by atoms with van der Waals surface area (Å²) >= 11 is 2.06. The highest BCUT2D eigenvalue weighted by Gasteiger charge is 2.24. The first-order valence-electron chi connectivity index (χ1n) is 9.81. The molecule has 0 bridgehead atoms. The largest absolute Gasteiger partial charge is 0.493 e. The summed E-state index contributed by atoms with van der Waals surface area (Å²) in [4.78, 5) is 28.8. The summed E-state index contributed by atoms with van der Waals surface area (Å²) in [6.07, 6.45) is 1.77. The predicted octanol–water partition coefficient (Wildman–Crippen LogP) is 4.16. The number of anilines is 1. The smallest absolute Gasteiger partial charge is 0.254 e. The van der Waals surface area contributed by atoms with E-state index < -0.39 is 0 Å². The Bertz CT molecular complexity index is 1220. The molecule has 0 N–H and O–H groups in total. The second-order valence-electron chi connectivity index (χ2n) is 7.07. The number of halogens is 1. The van der Waals surface area contributed by atoms with Crippen LogP contribution in [0.1, 0.15) is 10.4 Å². The van der Waals surface area contributed by atoms with Crippen molar-refractivity contribution >= 4 is 51.0 Å². The number of methoxy groups -OCH3 is 2. The zero-order valence-electron chi connectivity index (χ0n) is 17.5. The fraction of sp³-hybridized carbons (Fsp3) is 0.286. The van der Waals surface area contributed by atoms with Crippen LogP contribution in [0, 0.1) is 3.57 Å². The van der Waals surface area contributed by atoms with E-state index in [1.807, 2.05) is 17.0 Å². The molecular formula is C21H20IN7O3. The number of ether oxygens (including phenoxy) is 2. The summed E-state index contributed by atoms with van der Waals surface area (Å²) in [5, 5.41) is 4.48. The van der Waals surface area contributed by atoms with E-state index in [2.05, 4.69) is 47.5 Å². The SMILES string of the molecule is COc1cc2cnc(N3CCN(C(=O)c4ccc(N=[N+]=[N-])c(I)c4)CC3)nc2cc1OC. The summed E-state index contributed by atoms with van der Waals surface area (Å²) in [7, 11) is 3.18. The molecule has 1 aliphatic heterocycles. The Kier molecular flexibility index (Phi) is 6.47. The first-order valence-corrected chi connectivity index (χ1v) is 10.9. The molecule has 1 aliphatic rings. The highest BCUT2D eigenvalue weighted by Crippen LogP contribution is 2.32. The Hall–Kier alpha value is -3.31. The molecule has 164 valence electrons. The van der Waals surface area contributed by atoms with Gasteiger partial charge in [-0.25, -0.2) is 9.97 Å². The van der Waals surface area contributed by atoms with Gasteiger partial charge in [-0.05, 0) is 46.3 Å². The quantitative estimate of drug-likeness (QED) is 0.206. The number of amides is 1. The molecule has 3 aromatic rings. The van der Waals surface area contributed by atoms with Crippen LogP contribution in [-0.4, -0.2) is 61.2 Å². The van der Waals surface area contributed by atoms with Crippen molar-refractivity contribution in [3.63, 3.8) is 0 Å². The van der Waals surface area contributed by atoms with E-state index in [0.29, 0.717) is 54.9 Å². The molecule has 32 heavy (non-hydrogen) atoms. The number of carbonyl (C=O) groups is 1. The summed E-state index contributed by atoms with van der Waals surface area (Å²) in [6, 6.07) is 8.78. The average Bonchev–Trinajstić information content (AvgIpc) is 2.83. The number of hydrogen-bond acceptors (Lipinski definition) is 7. The average molecular weight is 545 g/mol. The van der Waals surface area contributed by atoms with Crippen LogP contribution in [0.15, 0.2) is 41.6 Å². The zero-order chi connectivity index (χ0) is 22.7. The number of azide groups is 1. The number of aromatic nitrogens is 2. The highest BCUT2D eigenvalue weighted by molar-refractivity contribution is 14.1. The van der Waals surface area contributed by atoms with Crippen molar-refractivity contribution in [3.05, 3.63) is 56.1 Å². The Labute approximate surface area is 197 Å². The van der Waals surface area contributed by atoms with Crippen LogP contribution < -0.4 is 14.4 Å². The van der Waals surface area contributed by atoms with Gasteiger partial charge in [-0.3, -0.25) is 4.79 Å². The van der Waals surface area contributed by atoms with Gasteiger partial charge in [0.25, 0.3) is 5.91 Å². The second-order valence-corrected chi connectivity index (χ2v) is 8.23. The Morgan fingerprint density at radius 2 is 1.84 bits per heavy atom. The topological polar surface area (TPSA) is 117 Å². The molecule has 10 nitrogen and oxygen atoms in total. The van der Waals surface area contributed by atoms with Gasteiger partial charge in [-0.15, -0.1) is 0 Å². The van der Waals surface area contributed by atoms with Gasteiger partial charge in [0, 0.05) is 57.9 Å². The first-order chi connectivity index (χ1) is 15.5. The summed E-state index contributed by atoms with van der Waals surface area (Å²) in [5.41, 5.74) is 10.5. The van der Waals surface area contributed by atoms with Crippen LogP contribution in [0.5, 0.6) is 11.5 Å². The highest BCUT2D eigenvalue weighted by atomic mass is 127. The predicted molar refractivity (Wildman–Crippen MR) is 129 cm³/mol. The fourth-order valence-corrected chi connectivity index (χ4v) is 4.18. The molecule has 2 aromatic carbocycles. The molecule has 4 rings (SSSR count). The number of fused-ring (bicyclic) bond motifs is 1. The molecule has 0 radical (unpaired) electrons. The van der Waals surface area contributed by atoms with Crippen LogP contribution >= 0.6 is 22.6 Å². The van der Waals surface area contributed by atoms with Gasteiger partial charge in [0.15, 0.2) is 11.5 Å². The van der Waals surface area contributed by atoms with Gasteiger partial charge in [-0.2, -0.15) is 0 Å².